The van der Waals surface area contributed by atoms with E-state index in [4.69, 9.17) is 9.47 Å². The zero-order valence-corrected chi connectivity index (χ0v) is 15.9. The first kappa shape index (κ1) is 19.7. The van der Waals surface area contributed by atoms with Gasteiger partial charge in [0.15, 0.2) is 0 Å². The maximum atomic E-state index is 13.2. The van der Waals surface area contributed by atoms with Crippen LogP contribution in [0.3, 0.4) is 0 Å². The van der Waals surface area contributed by atoms with Crippen LogP contribution < -0.4 is 4.74 Å². The fourth-order valence-electron chi connectivity index (χ4n) is 4.15. The summed E-state index contributed by atoms with van der Waals surface area (Å²) < 4.78 is 11.2. The normalized spacial score (nSPS) is 25.1. The first-order valence-corrected chi connectivity index (χ1v) is 9.83. The number of rotatable bonds is 7. The van der Waals surface area contributed by atoms with Crippen LogP contribution in [0.5, 0.6) is 5.75 Å². The molecule has 6 nitrogen and oxygen atoms in total. The highest BCUT2D eigenvalue weighted by Gasteiger charge is 2.33. The van der Waals surface area contributed by atoms with Crippen LogP contribution in [0.1, 0.15) is 44.1 Å². The van der Waals surface area contributed by atoms with Crippen LogP contribution in [-0.2, 0) is 20.9 Å². The van der Waals surface area contributed by atoms with Gasteiger partial charge >= 0.3 is 5.97 Å². The van der Waals surface area contributed by atoms with Gasteiger partial charge in [-0.25, -0.2) is 0 Å². The minimum absolute atomic E-state index is 0.0824. The molecule has 2 aliphatic rings. The molecule has 1 atom stereocenters. The van der Waals surface area contributed by atoms with E-state index in [1.165, 1.54) is 0 Å². The second-order valence-corrected chi connectivity index (χ2v) is 7.55. The Labute approximate surface area is 160 Å². The highest BCUT2D eigenvalue weighted by Crippen LogP contribution is 2.31. The minimum Gasteiger partial charge on any atom is -0.496 e. The molecule has 6 heteroatoms. The number of carboxylic acid groups (broad SMARTS) is 1. The van der Waals surface area contributed by atoms with Crippen molar-refractivity contribution in [3.05, 3.63) is 29.8 Å². The van der Waals surface area contributed by atoms with Crippen molar-refractivity contribution in [2.45, 2.75) is 51.2 Å². The fourth-order valence-corrected chi connectivity index (χ4v) is 4.15. The van der Waals surface area contributed by atoms with Gasteiger partial charge in [0, 0.05) is 31.2 Å². The standard InChI is InChI=1S/C21H29NO5/c1-26-19-7-3-2-5-17(19)13-22(14-18-6-4-12-27-18)20(23)15-8-10-16(11-9-15)21(24)25/h2-3,5,7,15-16,18H,4,6,8-14H2,1H3,(H,24,25). The van der Waals surface area contributed by atoms with Gasteiger partial charge in [-0.15, -0.1) is 0 Å². The summed E-state index contributed by atoms with van der Waals surface area (Å²) in [6, 6.07) is 7.75. The Kier molecular flexibility index (Phi) is 6.72. The van der Waals surface area contributed by atoms with E-state index in [-0.39, 0.29) is 23.8 Å². The Balaban J connectivity index is 1.71. The summed E-state index contributed by atoms with van der Waals surface area (Å²) in [4.78, 5) is 26.3. The number of methoxy groups -OCH3 is 1. The second-order valence-electron chi connectivity index (χ2n) is 7.55. The van der Waals surface area contributed by atoms with Crippen molar-refractivity contribution in [2.24, 2.45) is 11.8 Å². The summed E-state index contributed by atoms with van der Waals surface area (Å²) in [5.74, 6) is -0.268. The number of carbonyl (C=O) groups excluding carboxylic acids is 1. The molecule has 1 unspecified atom stereocenters. The van der Waals surface area contributed by atoms with E-state index in [9.17, 15) is 14.7 Å². The smallest absolute Gasteiger partial charge is 0.306 e. The van der Waals surface area contributed by atoms with E-state index >= 15 is 0 Å². The van der Waals surface area contributed by atoms with Crippen molar-refractivity contribution in [1.29, 1.82) is 0 Å². The molecule has 3 rings (SSSR count). The largest absolute Gasteiger partial charge is 0.496 e. The van der Waals surface area contributed by atoms with Crippen LogP contribution in [0.2, 0.25) is 0 Å². The summed E-state index contributed by atoms with van der Waals surface area (Å²) in [7, 11) is 1.64. The van der Waals surface area contributed by atoms with Gasteiger partial charge in [0.1, 0.15) is 5.75 Å². The molecule has 1 N–H and O–H groups in total. The van der Waals surface area contributed by atoms with Crippen molar-refractivity contribution in [3.8, 4) is 5.75 Å². The van der Waals surface area contributed by atoms with Crippen LogP contribution in [0.25, 0.3) is 0 Å². The summed E-state index contributed by atoms with van der Waals surface area (Å²) in [6.45, 7) is 1.82. The average Bonchev–Trinajstić information content (AvgIpc) is 3.20. The van der Waals surface area contributed by atoms with Gasteiger partial charge < -0.3 is 19.5 Å². The Morgan fingerprint density at radius 2 is 1.85 bits per heavy atom. The van der Waals surface area contributed by atoms with E-state index in [0.717, 1.165) is 30.8 Å². The maximum Gasteiger partial charge on any atom is 0.306 e. The number of aliphatic carboxylic acids is 1. The molecule has 1 heterocycles. The van der Waals surface area contributed by atoms with Crippen LogP contribution >= 0.6 is 0 Å². The van der Waals surface area contributed by atoms with E-state index < -0.39 is 5.97 Å². The predicted molar refractivity (Wildman–Crippen MR) is 100 cm³/mol. The van der Waals surface area contributed by atoms with Gasteiger partial charge in [0.25, 0.3) is 0 Å². The molecule has 1 saturated carbocycles. The molecule has 1 aromatic rings. The highest BCUT2D eigenvalue weighted by molar-refractivity contribution is 5.79. The second kappa shape index (κ2) is 9.22. The number of carboxylic acids is 1. The number of amides is 1. The monoisotopic (exact) mass is 375 g/mol. The number of carbonyl (C=O) groups is 2. The van der Waals surface area contributed by atoms with Gasteiger partial charge in [0.2, 0.25) is 5.91 Å². The van der Waals surface area contributed by atoms with Crippen LogP contribution in [0.4, 0.5) is 0 Å². The fraction of sp³-hybridized carbons (Fsp3) is 0.619. The topological polar surface area (TPSA) is 76.1 Å². The maximum absolute atomic E-state index is 13.2. The predicted octanol–water partition coefficient (Wildman–Crippen LogP) is 3.09. The number of para-hydroxylation sites is 1. The van der Waals surface area contributed by atoms with E-state index in [1.54, 1.807) is 7.11 Å². The number of nitrogens with zero attached hydrogens (tertiary/aromatic N) is 1. The van der Waals surface area contributed by atoms with Gasteiger partial charge in [0.05, 0.1) is 19.1 Å². The van der Waals surface area contributed by atoms with Crippen molar-refractivity contribution in [1.82, 2.24) is 4.90 Å². The third-order valence-electron chi connectivity index (χ3n) is 5.74. The van der Waals surface area contributed by atoms with Crippen molar-refractivity contribution < 1.29 is 24.2 Å². The molecule has 1 aliphatic carbocycles. The Morgan fingerprint density at radius 3 is 2.48 bits per heavy atom. The van der Waals surface area contributed by atoms with Crippen LogP contribution in [0.15, 0.2) is 24.3 Å². The van der Waals surface area contributed by atoms with Gasteiger partial charge in [-0.1, -0.05) is 18.2 Å². The number of hydrogen-bond acceptors (Lipinski definition) is 4. The lowest BCUT2D eigenvalue weighted by Crippen LogP contribution is -2.42. The Morgan fingerprint density at radius 1 is 1.15 bits per heavy atom. The number of benzene rings is 1. The Bertz CT molecular complexity index is 648. The molecule has 1 amide bonds. The molecule has 0 bridgehead atoms. The average molecular weight is 375 g/mol. The summed E-state index contributed by atoms with van der Waals surface area (Å²) >= 11 is 0. The lowest BCUT2D eigenvalue weighted by Gasteiger charge is -2.32. The summed E-state index contributed by atoms with van der Waals surface area (Å²) in [6.07, 6.45) is 4.53. The number of ether oxygens (including phenoxy) is 2. The van der Waals surface area contributed by atoms with Gasteiger partial charge in [-0.2, -0.15) is 0 Å². The zero-order chi connectivity index (χ0) is 19.2. The number of hydrogen-bond donors (Lipinski definition) is 1. The van der Waals surface area contributed by atoms with Crippen molar-refractivity contribution >= 4 is 11.9 Å². The first-order valence-electron chi connectivity index (χ1n) is 9.83. The molecular formula is C21H29NO5. The molecule has 148 valence electrons. The zero-order valence-electron chi connectivity index (χ0n) is 15.9. The highest BCUT2D eigenvalue weighted by atomic mass is 16.5. The lowest BCUT2D eigenvalue weighted by molar-refractivity contribution is -0.146. The third kappa shape index (κ3) is 5.01. The van der Waals surface area contributed by atoms with Gasteiger partial charge in [-0.3, -0.25) is 9.59 Å². The minimum atomic E-state index is -0.744. The van der Waals surface area contributed by atoms with Crippen LogP contribution in [0, 0.1) is 11.8 Å². The molecule has 1 saturated heterocycles. The molecule has 27 heavy (non-hydrogen) atoms. The van der Waals surface area contributed by atoms with Gasteiger partial charge in [-0.05, 0) is 44.6 Å². The molecule has 1 aliphatic heterocycles. The van der Waals surface area contributed by atoms with Crippen molar-refractivity contribution in [2.75, 3.05) is 20.3 Å². The SMILES string of the molecule is COc1ccccc1CN(CC1CCCO1)C(=O)C1CCC(C(=O)O)CC1. The molecular weight excluding hydrogens is 346 g/mol. The molecule has 1 aromatic carbocycles. The third-order valence-corrected chi connectivity index (χ3v) is 5.74. The van der Waals surface area contributed by atoms with E-state index in [1.807, 2.05) is 29.2 Å². The first-order chi connectivity index (χ1) is 13.1. The summed E-state index contributed by atoms with van der Waals surface area (Å²) in [5, 5.41) is 9.19. The molecule has 2 fully saturated rings. The van der Waals surface area contributed by atoms with E-state index in [0.29, 0.717) is 38.8 Å². The van der Waals surface area contributed by atoms with Crippen molar-refractivity contribution in [3.63, 3.8) is 0 Å². The molecule has 0 aromatic heterocycles. The summed E-state index contributed by atoms with van der Waals surface area (Å²) in [5.41, 5.74) is 0.977. The molecule has 0 spiro atoms. The lowest BCUT2D eigenvalue weighted by atomic mass is 9.81. The Hall–Kier alpha value is -2.08. The molecule has 0 radical (unpaired) electrons. The van der Waals surface area contributed by atoms with E-state index in [2.05, 4.69) is 0 Å². The van der Waals surface area contributed by atoms with Crippen LogP contribution in [-0.4, -0.2) is 48.2 Å². The quantitative estimate of drug-likeness (QED) is 0.792.